The second kappa shape index (κ2) is 25.4. The Morgan fingerprint density at radius 2 is 0.883 bits per heavy atom. The zero-order chi connectivity index (χ0) is 57.9. The van der Waals surface area contributed by atoms with Gasteiger partial charge in [-0.2, -0.15) is 33.7 Å². The van der Waals surface area contributed by atoms with E-state index in [1.807, 2.05) is 5.32 Å². The monoisotopic (exact) mass is 1200 g/mol. The molecule has 20 atom stereocenters. The van der Waals surface area contributed by atoms with E-state index >= 15 is 0 Å². The van der Waals surface area contributed by atoms with Gasteiger partial charge in [-0.25, -0.2) is 26.3 Å². The summed E-state index contributed by atoms with van der Waals surface area (Å²) in [5.74, 6) is -6.21. The first-order valence-corrected chi connectivity index (χ1v) is 26.8. The van der Waals surface area contributed by atoms with Gasteiger partial charge in [-0.1, -0.05) is 0 Å². The van der Waals surface area contributed by atoms with Crippen molar-refractivity contribution in [1.29, 1.82) is 0 Å². The molecule has 42 heteroatoms. The number of carboxylic acid groups (broad SMARTS) is 2. The number of hydrogen-bond donors (Lipinski definition) is 13. The van der Waals surface area contributed by atoms with E-state index in [4.69, 9.17) is 47.2 Å². The van der Waals surface area contributed by atoms with Crippen LogP contribution in [-0.4, -0.2) is 254 Å². The van der Waals surface area contributed by atoms with Gasteiger partial charge >= 0.3 is 53.5 Å². The SMILES string of the molecule is COc1ccc(O[C@@H]2O[C@H](C(=O)O)[C@@H](O[C@@H]3O[C@H](COS(=O)(=O)O)[C@@H](OS(=O)(=O)O)[C@H](O[C@@H]4O[C@H](C(=O)O)[C@@H](O[C@@H]5O[C@H](COS(=O)(=O)O)[C@@H](OS(=O)(=O)O)[C@H](O)[C@H]5NC(C)=O)[C@H](O)[C@H]4O)[C@H]3NC(C)=O)[C@H](O)[C@H]2O)cc1. The van der Waals surface area contributed by atoms with Gasteiger partial charge < -0.3 is 89.0 Å². The topological polar surface area (TPSA) is 571 Å². The van der Waals surface area contributed by atoms with Crippen LogP contribution in [0.3, 0.4) is 0 Å². The number of carbonyl (C=O) groups is 4. The maximum Gasteiger partial charge on any atom is 0.397 e. The summed E-state index contributed by atoms with van der Waals surface area (Å²) in [6.07, 6.45) is -45.2. The number of benzene rings is 1. The molecule has 4 saturated heterocycles. The molecule has 0 aromatic heterocycles. The molecule has 5 rings (SSSR count). The second-order valence-corrected chi connectivity index (χ2v) is 20.8. The van der Waals surface area contributed by atoms with Crippen molar-refractivity contribution in [2.24, 2.45) is 0 Å². The summed E-state index contributed by atoms with van der Waals surface area (Å²) in [4.78, 5) is 50.6. The summed E-state index contributed by atoms with van der Waals surface area (Å²) < 4.78 is 199. The third-order valence-electron chi connectivity index (χ3n) is 11.0. The molecular weight excluding hydrogens is 1150 g/mol. The largest absolute Gasteiger partial charge is 0.497 e. The van der Waals surface area contributed by atoms with Crippen molar-refractivity contribution in [3.8, 4) is 11.5 Å². The van der Waals surface area contributed by atoms with E-state index in [0.29, 0.717) is 5.75 Å². The van der Waals surface area contributed by atoms with Crippen LogP contribution in [-0.2, 0) is 111 Å². The fourth-order valence-corrected chi connectivity index (χ4v) is 9.57. The van der Waals surface area contributed by atoms with E-state index in [1.54, 1.807) is 0 Å². The van der Waals surface area contributed by atoms with E-state index < -0.39 is 201 Å². The van der Waals surface area contributed by atoms with Crippen molar-refractivity contribution < 1.29 is 166 Å². The number of aliphatic carboxylic acids is 2. The fourth-order valence-electron chi connectivity index (χ4n) is 7.92. The first-order chi connectivity index (χ1) is 35.5. The lowest BCUT2D eigenvalue weighted by Gasteiger charge is -2.50. The molecule has 4 aliphatic rings. The highest BCUT2D eigenvalue weighted by molar-refractivity contribution is 7.81. The maximum absolute atomic E-state index is 12.9. The minimum Gasteiger partial charge on any atom is -0.497 e. The standard InChI is InChI=1S/C35H50N2O36S4/c1-10(38)36-16-18(40)23(72-76(55,56)57)14(8-62-74(49,50)51)65-32(16)68-26-20(42)22(44)35(71-29(26)31(47)48)67-25-17(37-11(2)39)33(66-15(9-63-75(52,53)54)24(25)73-77(58,59)60)69-27-19(41)21(43)34(70-28(27)30(45)46)64-13-6-4-12(61-3)5-7-13/h4-7,14-29,32-35,40-44H,8-9H2,1-3H3,(H,36,38)(H,37,39)(H,45,46)(H,47,48)(H,49,50,51)(H,52,53,54)(H,55,56,57)(H,58,59,60)/t14-,15-,16-,17-,18-,19-,20-,21-,22-,23-,24-,25-,26+,27+,28+,29+,32+,33+,34-,35-/m1/s1. The van der Waals surface area contributed by atoms with Crippen LogP contribution in [0.5, 0.6) is 11.5 Å². The summed E-state index contributed by atoms with van der Waals surface area (Å²) in [6.45, 7) is -1.60. The highest BCUT2D eigenvalue weighted by Gasteiger charge is 2.59. The molecule has 4 heterocycles. The van der Waals surface area contributed by atoms with Crippen LogP contribution in [0.25, 0.3) is 0 Å². The summed E-state index contributed by atoms with van der Waals surface area (Å²) in [6, 6.07) is 0.809. The molecule has 0 aliphatic carbocycles. The average molecular weight is 1200 g/mol. The molecule has 2 amide bonds. The molecule has 77 heavy (non-hydrogen) atoms. The molecule has 13 N–H and O–H groups in total. The Labute approximate surface area is 433 Å². The van der Waals surface area contributed by atoms with Gasteiger partial charge in [0.25, 0.3) is 0 Å². The number of methoxy groups -OCH3 is 1. The number of aliphatic hydroxyl groups excluding tert-OH is 5. The summed E-state index contributed by atoms with van der Waals surface area (Å²) in [7, 11) is -21.2. The Hall–Kier alpha value is -4.30. The lowest BCUT2D eigenvalue weighted by molar-refractivity contribution is -0.366. The average Bonchev–Trinajstić information content (AvgIpc) is 3.29. The number of hydrogen-bond acceptors (Lipinski definition) is 30. The van der Waals surface area contributed by atoms with Crippen molar-refractivity contribution in [3.63, 3.8) is 0 Å². The van der Waals surface area contributed by atoms with Gasteiger partial charge in [0.2, 0.25) is 18.1 Å². The minimum atomic E-state index is -5.89. The van der Waals surface area contributed by atoms with Crippen LogP contribution < -0.4 is 20.1 Å². The molecule has 4 fully saturated rings. The van der Waals surface area contributed by atoms with Crippen LogP contribution >= 0.6 is 0 Å². The first kappa shape index (κ1) is 63.5. The van der Waals surface area contributed by atoms with Crippen molar-refractivity contribution in [3.05, 3.63) is 24.3 Å². The van der Waals surface area contributed by atoms with Crippen molar-refractivity contribution in [1.82, 2.24) is 10.6 Å². The maximum atomic E-state index is 12.9. The number of carbonyl (C=O) groups excluding carboxylic acids is 2. The lowest BCUT2D eigenvalue weighted by atomic mass is 9.94. The second-order valence-electron chi connectivity index (χ2n) is 16.5. The zero-order valence-electron chi connectivity index (χ0n) is 39.0. The predicted molar refractivity (Wildman–Crippen MR) is 231 cm³/mol. The van der Waals surface area contributed by atoms with Crippen LogP contribution in [0.4, 0.5) is 0 Å². The molecule has 0 radical (unpaired) electrons. The van der Waals surface area contributed by atoms with E-state index in [9.17, 15) is 102 Å². The van der Waals surface area contributed by atoms with Crippen molar-refractivity contribution in [2.45, 2.75) is 137 Å². The van der Waals surface area contributed by atoms with Gasteiger partial charge in [-0.05, 0) is 24.3 Å². The smallest absolute Gasteiger partial charge is 0.397 e. The fraction of sp³-hybridized carbons (Fsp3) is 0.714. The summed E-state index contributed by atoms with van der Waals surface area (Å²) in [5, 5.41) is 81.3. The Balaban J connectivity index is 1.54. The molecule has 38 nitrogen and oxygen atoms in total. The molecule has 1 aromatic rings. The Morgan fingerprint density at radius 1 is 0.494 bits per heavy atom. The molecule has 440 valence electrons. The van der Waals surface area contributed by atoms with Crippen LogP contribution in [0.1, 0.15) is 13.8 Å². The zero-order valence-corrected chi connectivity index (χ0v) is 42.3. The Morgan fingerprint density at radius 3 is 1.31 bits per heavy atom. The van der Waals surface area contributed by atoms with Gasteiger partial charge in [-0.15, -0.1) is 0 Å². The van der Waals surface area contributed by atoms with Crippen LogP contribution in [0.15, 0.2) is 24.3 Å². The van der Waals surface area contributed by atoms with Crippen molar-refractivity contribution >= 4 is 65.3 Å². The molecule has 0 saturated carbocycles. The van der Waals surface area contributed by atoms with E-state index in [-0.39, 0.29) is 5.75 Å². The molecule has 1 aromatic carbocycles. The molecule has 4 aliphatic heterocycles. The first-order valence-electron chi connectivity index (χ1n) is 21.3. The quantitative estimate of drug-likeness (QED) is 0.0453. The number of aliphatic hydroxyl groups is 5. The van der Waals surface area contributed by atoms with Gasteiger partial charge in [0, 0.05) is 13.8 Å². The van der Waals surface area contributed by atoms with Gasteiger partial charge in [-0.3, -0.25) is 27.8 Å². The van der Waals surface area contributed by atoms with Gasteiger partial charge in [0.15, 0.2) is 31.1 Å². The van der Waals surface area contributed by atoms with Crippen LogP contribution in [0.2, 0.25) is 0 Å². The van der Waals surface area contributed by atoms with Gasteiger partial charge in [0.05, 0.1) is 20.3 Å². The minimum absolute atomic E-state index is 0.0754. The third-order valence-corrected chi connectivity index (χ3v) is 12.8. The summed E-state index contributed by atoms with van der Waals surface area (Å²) in [5.41, 5.74) is 0. The van der Waals surface area contributed by atoms with Crippen molar-refractivity contribution in [2.75, 3.05) is 20.3 Å². The van der Waals surface area contributed by atoms with E-state index in [0.717, 1.165) is 13.8 Å². The molecular formula is C35H50N2O36S4. The molecule has 0 unspecified atom stereocenters. The van der Waals surface area contributed by atoms with E-state index in [2.05, 4.69) is 22.0 Å². The number of ether oxygens (including phenoxy) is 9. The number of amides is 2. The number of nitrogens with one attached hydrogen (secondary N) is 2. The third kappa shape index (κ3) is 17.3. The number of carboxylic acids is 2. The Kier molecular flexibility index (Phi) is 21.0. The summed E-state index contributed by atoms with van der Waals surface area (Å²) >= 11 is 0. The highest BCUT2D eigenvalue weighted by atomic mass is 32.3. The predicted octanol–water partition coefficient (Wildman–Crippen LogP) is -7.87. The van der Waals surface area contributed by atoms with Crippen LogP contribution in [0, 0.1) is 0 Å². The molecule has 0 bridgehead atoms. The van der Waals surface area contributed by atoms with E-state index in [1.165, 1.54) is 31.4 Å². The Bertz CT molecular complexity index is 2700. The highest BCUT2D eigenvalue weighted by Crippen LogP contribution is 2.37. The normalized spacial score (nSPS) is 36.3. The molecule has 0 spiro atoms. The van der Waals surface area contributed by atoms with Gasteiger partial charge in [0.1, 0.15) is 96.8 Å². The number of rotatable bonds is 23. The lowest BCUT2D eigenvalue weighted by Crippen LogP contribution is -2.71.